The van der Waals surface area contributed by atoms with Crippen LogP contribution < -0.4 is 0 Å². The van der Waals surface area contributed by atoms with Crippen LogP contribution in [0.2, 0.25) is 0 Å². The first-order valence-electron chi connectivity index (χ1n) is 6.85. The van der Waals surface area contributed by atoms with E-state index in [0.29, 0.717) is 11.4 Å². The minimum Gasteiger partial charge on any atom is -0.316 e. The summed E-state index contributed by atoms with van der Waals surface area (Å²) in [5.41, 5.74) is 3.90. The van der Waals surface area contributed by atoms with Crippen molar-refractivity contribution in [3.8, 4) is 23.0 Å². The van der Waals surface area contributed by atoms with E-state index >= 15 is 0 Å². The van der Waals surface area contributed by atoms with E-state index in [1.807, 2.05) is 54.7 Å². The number of aromatic amines is 1. The number of para-hydroxylation sites is 2. The van der Waals surface area contributed by atoms with Gasteiger partial charge >= 0.3 is 0 Å². The van der Waals surface area contributed by atoms with Gasteiger partial charge in [-0.25, -0.2) is 0 Å². The molecule has 0 aliphatic rings. The van der Waals surface area contributed by atoms with Crippen molar-refractivity contribution >= 4 is 10.9 Å². The van der Waals surface area contributed by atoms with Crippen molar-refractivity contribution in [1.82, 2.24) is 20.0 Å². The third kappa shape index (κ3) is 1.79. The van der Waals surface area contributed by atoms with Gasteiger partial charge in [-0.05, 0) is 18.2 Å². The van der Waals surface area contributed by atoms with Gasteiger partial charge in [0, 0.05) is 22.8 Å². The molecule has 2 aromatic carbocycles. The first-order chi connectivity index (χ1) is 10.9. The lowest BCUT2D eigenvalue weighted by Gasteiger charge is -2.04. The zero-order chi connectivity index (χ0) is 14.9. The van der Waals surface area contributed by atoms with E-state index in [9.17, 15) is 5.26 Å². The molecule has 0 fully saturated rings. The van der Waals surface area contributed by atoms with Crippen LogP contribution in [0.15, 0.2) is 60.8 Å². The van der Waals surface area contributed by atoms with E-state index in [4.69, 9.17) is 0 Å². The largest absolute Gasteiger partial charge is 0.316 e. The Hall–Kier alpha value is -3.39. The van der Waals surface area contributed by atoms with Crippen LogP contribution in [0.3, 0.4) is 0 Å². The molecule has 5 heteroatoms. The van der Waals surface area contributed by atoms with Gasteiger partial charge < -0.3 is 4.57 Å². The molecule has 4 rings (SSSR count). The van der Waals surface area contributed by atoms with E-state index in [0.717, 1.165) is 22.2 Å². The minimum absolute atomic E-state index is 0.302. The molecule has 1 N–H and O–H groups in total. The SMILES string of the molecule is N#Cc1n[nH]nc1-c1cn(-c2ccccc2)c2ccccc12. The maximum atomic E-state index is 9.19. The Morgan fingerprint density at radius 3 is 2.55 bits per heavy atom. The molecule has 0 bridgehead atoms. The van der Waals surface area contributed by atoms with E-state index in [2.05, 4.69) is 32.1 Å². The topological polar surface area (TPSA) is 70.3 Å². The lowest BCUT2D eigenvalue weighted by molar-refractivity contribution is 0.937. The lowest BCUT2D eigenvalue weighted by Crippen LogP contribution is -1.90. The quantitative estimate of drug-likeness (QED) is 0.614. The molecule has 0 spiro atoms. The second-order valence-corrected chi connectivity index (χ2v) is 4.90. The number of hydrogen-bond donors (Lipinski definition) is 1. The molecule has 0 atom stereocenters. The van der Waals surface area contributed by atoms with Gasteiger partial charge in [-0.3, -0.25) is 0 Å². The fraction of sp³-hybridized carbons (Fsp3) is 0. The van der Waals surface area contributed by atoms with Gasteiger partial charge in [-0.15, -0.1) is 5.10 Å². The van der Waals surface area contributed by atoms with Crippen LogP contribution in [0.5, 0.6) is 0 Å². The maximum absolute atomic E-state index is 9.19. The van der Waals surface area contributed by atoms with Crippen LogP contribution in [-0.4, -0.2) is 20.0 Å². The molecule has 0 aliphatic carbocycles. The molecule has 2 heterocycles. The zero-order valence-corrected chi connectivity index (χ0v) is 11.6. The Bertz CT molecular complexity index is 989. The third-order valence-electron chi connectivity index (χ3n) is 3.66. The highest BCUT2D eigenvalue weighted by Crippen LogP contribution is 2.32. The van der Waals surface area contributed by atoms with E-state index in [1.54, 1.807) is 0 Å². The molecule has 0 radical (unpaired) electrons. The van der Waals surface area contributed by atoms with Crippen molar-refractivity contribution in [2.24, 2.45) is 0 Å². The molecule has 4 aromatic rings. The van der Waals surface area contributed by atoms with Crippen LogP contribution in [-0.2, 0) is 0 Å². The van der Waals surface area contributed by atoms with E-state index in [-0.39, 0.29) is 0 Å². The average molecular weight is 285 g/mol. The zero-order valence-electron chi connectivity index (χ0n) is 11.6. The molecule has 0 amide bonds. The van der Waals surface area contributed by atoms with Crippen LogP contribution in [0.4, 0.5) is 0 Å². The van der Waals surface area contributed by atoms with Crippen molar-refractivity contribution in [3.05, 3.63) is 66.5 Å². The van der Waals surface area contributed by atoms with Crippen LogP contribution in [0.25, 0.3) is 27.8 Å². The summed E-state index contributed by atoms with van der Waals surface area (Å²) >= 11 is 0. The first-order valence-corrected chi connectivity index (χ1v) is 6.85. The predicted molar refractivity (Wildman–Crippen MR) is 83.4 cm³/mol. The standard InChI is InChI=1S/C17H11N5/c18-10-15-17(20-21-19-15)14-11-22(12-6-2-1-3-7-12)16-9-5-4-8-13(14)16/h1-9,11H,(H,19,20,21). The highest BCUT2D eigenvalue weighted by molar-refractivity contribution is 5.97. The Kier molecular flexibility index (Phi) is 2.73. The van der Waals surface area contributed by atoms with Crippen LogP contribution in [0, 0.1) is 11.3 Å². The van der Waals surface area contributed by atoms with Gasteiger partial charge in [0.1, 0.15) is 11.8 Å². The molecular weight excluding hydrogens is 274 g/mol. The highest BCUT2D eigenvalue weighted by atomic mass is 15.3. The highest BCUT2D eigenvalue weighted by Gasteiger charge is 2.16. The number of hydrogen-bond acceptors (Lipinski definition) is 3. The molecule has 0 aliphatic heterocycles. The predicted octanol–water partition coefficient (Wildman–Crippen LogP) is 3.29. The number of aromatic nitrogens is 4. The molecule has 22 heavy (non-hydrogen) atoms. The molecule has 5 nitrogen and oxygen atoms in total. The molecule has 0 saturated heterocycles. The first kappa shape index (κ1) is 12.4. The number of nitrogens with one attached hydrogen (secondary N) is 1. The van der Waals surface area contributed by atoms with Gasteiger partial charge in [0.05, 0.1) is 5.52 Å². The van der Waals surface area contributed by atoms with Crippen molar-refractivity contribution in [1.29, 1.82) is 5.26 Å². The van der Waals surface area contributed by atoms with Gasteiger partial charge in [-0.1, -0.05) is 36.4 Å². The van der Waals surface area contributed by atoms with Crippen molar-refractivity contribution < 1.29 is 0 Å². The maximum Gasteiger partial charge on any atom is 0.190 e. The number of H-pyrrole nitrogens is 1. The number of rotatable bonds is 2. The number of nitrogens with zero attached hydrogens (tertiary/aromatic N) is 4. The number of nitriles is 1. The number of benzene rings is 2. The molecule has 0 unspecified atom stereocenters. The summed E-state index contributed by atoms with van der Waals surface area (Å²) in [6, 6.07) is 20.2. The molecule has 104 valence electrons. The monoisotopic (exact) mass is 285 g/mol. The summed E-state index contributed by atoms with van der Waals surface area (Å²) < 4.78 is 2.10. The Balaban J connectivity index is 2.04. The van der Waals surface area contributed by atoms with Gasteiger partial charge in [0.2, 0.25) is 0 Å². The third-order valence-corrected chi connectivity index (χ3v) is 3.66. The molecule has 2 aromatic heterocycles. The Labute approximate surface area is 126 Å². The van der Waals surface area contributed by atoms with Crippen molar-refractivity contribution in [3.63, 3.8) is 0 Å². The minimum atomic E-state index is 0.302. The summed E-state index contributed by atoms with van der Waals surface area (Å²) in [5, 5.41) is 20.8. The number of fused-ring (bicyclic) bond motifs is 1. The van der Waals surface area contributed by atoms with Crippen molar-refractivity contribution in [2.75, 3.05) is 0 Å². The fourth-order valence-electron chi connectivity index (χ4n) is 2.67. The Morgan fingerprint density at radius 1 is 0.955 bits per heavy atom. The van der Waals surface area contributed by atoms with Crippen LogP contribution in [0.1, 0.15) is 5.69 Å². The summed E-state index contributed by atoms with van der Waals surface area (Å²) in [6.07, 6.45) is 2.00. The summed E-state index contributed by atoms with van der Waals surface area (Å²) in [4.78, 5) is 0. The molecular formula is C17H11N5. The summed E-state index contributed by atoms with van der Waals surface area (Å²) in [5.74, 6) is 0. The van der Waals surface area contributed by atoms with Gasteiger partial charge in [-0.2, -0.15) is 15.6 Å². The Morgan fingerprint density at radius 2 is 1.73 bits per heavy atom. The fourth-order valence-corrected chi connectivity index (χ4v) is 2.67. The smallest absolute Gasteiger partial charge is 0.190 e. The van der Waals surface area contributed by atoms with Crippen LogP contribution >= 0.6 is 0 Å². The van der Waals surface area contributed by atoms with Gasteiger partial charge in [0.25, 0.3) is 0 Å². The molecule has 0 saturated carbocycles. The summed E-state index contributed by atoms with van der Waals surface area (Å²) in [6.45, 7) is 0. The summed E-state index contributed by atoms with van der Waals surface area (Å²) in [7, 11) is 0. The average Bonchev–Trinajstić information content (AvgIpc) is 3.19. The lowest BCUT2D eigenvalue weighted by atomic mass is 10.1. The van der Waals surface area contributed by atoms with Gasteiger partial charge in [0.15, 0.2) is 5.69 Å². The second kappa shape index (κ2) is 4.86. The van der Waals surface area contributed by atoms with Crippen molar-refractivity contribution in [2.45, 2.75) is 0 Å². The van der Waals surface area contributed by atoms with E-state index < -0.39 is 0 Å². The second-order valence-electron chi connectivity index (χ2n) is 4.90. The normalized spacial score (nSPS) is 10.7. The van der Waals surface area contributed by atoms with E-state index in [1.165, 1.54) is 0 Å².